The number of anilines is 2. The summed E-state index contributed by atoms with van der Waals surface area (Å²) >= 11 is 16.8. The predicted octanol–water partition coefficient (Wildman–Crippen LogP) is 4.51. The van der Waals surface area contributed by atoms with Crippen LogP contribution in [-0.2, 0) is 0 Å². The third kappa shape index (κ3) is 3.35. The van der Waals surface area contributed by atoms with E-state index in [1.54, 1.807) is 18.2 Å². The molecular formula is C13H9Cl2FN2S. The molecular weight excluding hydrogens is 306 g/mol. The van der Waals surface area contributed by atoms with Crippen LogP contribution < -0.4 is 11.1 Å². The molecule has 0 aliphatic carbocycles. The molecule has 0 fully saturated rings. The Kier molecular flexibility index (Phi) is 4.24. The van der Waals surface area contributed by atoms with Gasteiger partial charge in [0, 0.05) is 16.3 Å². The van der Waals surface area contributed by atoms with Crippen molar-refractivity contribution in [3.63, 3.8) is 0 Å². The molecule has 0 heterocycles. The molecule has 0 unspecified atom stereocenters. The second-order valence-corrected chi connectivity index (χ2v) is 5.09. The van der Waals surface area contributed by atoms with Gasteiger partial charge in [-0.25, -0.2) is 4.39 Å². The summed E-state index contributed by atoms with van der Waals surface area (Å²) in [4.78, 5) is 0.211. The van der Waals surface area contributed by atoms with E-state index in [4.69, 9.17) is 41.2 Å². The molecule has 3 N–H and O–H groups in total. The number of thiocarbonyl (C=S) groups is 1. The first-order valence-electron chi connectivity index (χ1n) is 5.29. The van der Waals surface area contributed by atoms with Gasteiger partial charge in [0.05, 0.1) is 10.7 Å². The fourth-order valence-corrected chi connectivity index (χ4v) is 2.12. The van der Waals surface area contributed by atoms with E-state index in [-0.39, 0.29) is 10.0 Å². The Morgan fingerprint density at radius 3 is 2.42 bits per heavy atom. The van der Waals surface area contributed by atoms with Crippen molar-refractivity contribution in [1.82, 2.24) is 0 Å². The third-order valence-electron chi connectivity index (χ3n) is 2.45. The van der Waals surface area contributed by atoms with Gasteiger partial charge in [0.1, 0.15) is 10.8 Å². The van der Waals surface area contributed by atoms with E-state index in [1.165, 1.54) is 18.2 Å². The minimum atomic E-state index is -0.402. The zero-order valence-electron chi connectivity index (χ0n) is 9.58. The molecule has 0 saturated carbocycles. The molecule has 6 heteroatoms. The minimum Gasteiger partial charge on any atom is -0.389 e. The molecule has 0 spiro atoms. The molecule has 0 aliphatic heterocycles. The predicted molar refractivity (Wildman–Crippen MR) is 82.0 cm³/mol. The van der Waals surface area contributed by atoms with Crippen LogP contribution in [0.4, 0.5) is 15.8 Å². The van der Waals surface area contributed by atoms with E-state index >= 15 is 0 Å². The summed E-state index contributed by atoms with van der Waals surface area (Å²) < 4.78 is 13.0. The summed E-state index contributed by atoms with van der Waals surface area (Å²) in [7, 11) is 0. The molecule has 0 saturated heterocycles. The lowest BCUT2D eigenvalue weighted by Crippen LogP contribution is -2.12. The summed E-state index contributed by atoms with van der Waals surface area (Å²) in [6.07, 6.45) is 0. The number of benzene rings is 2. The molecule has 0 amide bonds. The average Bonchev–Trinajstić information content (AvgIpc) is 2.34. The van der Waals surface area contributed by atoms with Gasteiger partial charge in [-0.1, -0.05) is 35.4 Å². The summed E-state index contributed by atoms with van der Waals surface area (Å²) in [5.41, 5.74) is 7.46. The van der Waals surface area contributed by atoms with Crippen LogP contribution in [0, 0.1) is 5.82 Å². The van der Waals surface area contributed by atoms with Crippen molar-refractivity contribution in [3.8, 4) is 0 Å². The van der Waals surface area contributed by atoms with Crippen molar-refractivity contribution in [2.24, 2.45) is 5.73 Å². The summed E-state index contributed by atoms with van der Waals surface area (Å²) in [6, 6.07) is 9.16. The van der Waals surface area contributed by atoms with E-state index in [2.05, 4.69) is 5.32 Å². The van der Waals surface area contributed by atoms with Gasteiger partial charge in [-0.2, -0.15) is 0 Å². The zero-order valence-corrected chi connectivity index (χ0v) is 11.9. The fourth-order valence-electron chi connectivity index (χ4n) is 1.57. The van der Waals surface area contributed by atoms with Crippen molar-refractivity contribution in [3.05, 3.63) is 57.8 Å². The normalized spacial score (nSPS) is 10.3. The maximum atomic E-state index is 13.0. The second kappa shape index (κ2) is 5.74. The first kappa shape index (κ1) is 14.1. The molecule has 0 aromatic heterocycles. The van der Waals surface area contributed by atoms with Crippen molar-refractivity contribution in [2.75, 3.05) is 5.32 Å². The Morgan fingerprint density at radius 1 is 1.11 bits per heavy atom. The van der Waals surface area contributed by atoms with Gasteiger partial charge in [-0.05, 0) is 36.4 Å². The van der Waals surface area contributed by atoms with Crippen LogP contribution >= 0.6 is 35.4 Å². The van der Waals surface area contributed by atoms with Crippen molar-refractivity contribution in [1.29, 1.82) is 0 Å². The lowest BCUT2D eigenvalue weighted by Gasteiger charge is -2.13. The highest BCUT2D eigenvalue weighted by Gasteiger charge is 2.09. The van der Waals surface area contributed by atoms with Crippen molar-refractivity contribution >= 4 is 51.8 Å². The monoisotopic (exact) mass is 314 g/mol. The Morgan fingerprint density at radius 2 is 1.79 bits per heavy atom. The summed E-state index contributed by atoms with van der Waals surface area (Å²) in [5.74, 6) is -0.402. The van der Waals surface area contributed by atoms with E-state index in [9.17, 15) is 4.39 Å². The molecule has 98 valence electrons. The van der Waals surface area contributed by atoms with Crippen LogP contribution in [0.15, 0.2) is 36.4 Å². The Bertz CT molecular complexity index is 647. The largest absolute Gasteiger partial charge is 0.389 e. The summed E-state index contributed by atoms with van der Waals surface area (Å²) in [5, 5.41) is 3.85. The molecule has 2 rings (SSSR count). The topological polar surface area (TPSA) is 38.0 Å². The molecule has 19 heavy (non-hydrogen) atoms. The molecule has 2 aromatic carbocycles. The van der Waals surface area contributed by atoms with Crippen LogP contribution in [0.2, 0.25) is 10.0 Å². The molecule has 0 atom stereocenters. The van der Waals surface area contributed by atoms with Crippen LogP contribution in [0.25, 0.3) is 0 Å². The Balaban J connectivity index is 2.40. The van der Waals surface area contributed by atoms with Gasteiger partial charge in [0.25, 0.3) is 0 Å². The highest BCUT2D eigenvalue weighted by atomic mass is 35.5. The van der Waals surface area contributed by atoms with E-state index < -0.39 is 5.82 Å². The lowest BCUT2D eigenvalue weighted by molar-refractivity contribution is 0.628. The van der Waals surface area contributed by atoms with Gasteiger partial charge in [-0.3, -0.25) is 0 Å². The highest BCUT2D eigenvalue weighted by molar-refractivity contribution is 7.80. The number of hydrogen-bond acceptors (Lipinski definition) is 2. The minimum absolute atomic E-state index is 0.211. The molecule has 2 nitrogen and oxygen atoms in total. The zero-order chi connectivity index (χ0) is 14.0. The number of rotatable bonds is 3. The SMILES string of the molecule is NC(=S)c1cc(Cl)ccc1Nc1ccc(F)cc1Cl. The quantitative estimate of drug-likeness (QED) is 0.819. The number of halogens is 3. The van der Waals surface area contributed by atoms with Gasteiger partial charge in [0.15, 0.2) is 0 Å². The number of hydrogen-bond donors (Lipinski definition) is 2. The standard InChI is InChI=1S/C13H9Cl2FN2S/c14-7-1-3-11(9(5-7)13(17)19)18-12-4-2-8(16)6-10(12)15/h1-6,18H,(H2,17,19). The van der Waals surface area contributed by atoms with E-state index in [0.717, 1.165) is 0 Å². The van der Waals surface area contributed by atoms with E-state index in [0.29, 0.717) is 22.0 Å². The first-order chi connectivity index (χ1) is 8.97. The number of nitrogens with two attached hydrogens (primary N) is 1. The fraction of sp³-hybridized carbons (Fsp3) is 0. The maximum Gasteiger partial charge on any atom is 0.124 e. The lowest BCUT2D eigenvalue weighted by atomic mass is 10.1. The maximum absolute atomic E-state index is 13.0. The van der Waals surface area contributed by atoms with Crippen molar-refractivity contribution in [2.45, 2.75) is 0 Å². The van der Waals surface area contributed by atoms with Crippen molar-refractivity contribution < 1.29 is 4.39 Å². The smallest absolute Gasteiger partial charge is 0.124 e. The highest BCUT2D eigenvalue weighted by Crippen LogP contribution is 2.29. The molecule has 0 radical (unpaired) electrons. The summed E-state index contributed by atoms with van der Waals surface area (Å²) in [6.45, 7) is 0. The second-order valence-electron chi connectivity index (χ2n) is 3.80. The van der Waals surface area contributed by atoms with Gasteiger partial charge >= 0.3 is 0 Å². The average molecular weight is 315 g/mol. The first-order valence-corrected chi connectivity index (χ1v) is 6.45. The third-order valence-corrected chi connectivity index (χ3v) is 3.22. The molecule has 2 aromatic rings. The van der Waals surface area contributed by atoms with Crippen LogP contribution in [0.3, 0.4) is 0 Å². The van der Waals surface area contributed by atoms with E-state index in [1.807, 2.05) is 0 Å². The van der Waals surface area contributed by atoms with Gasteiger partial charge in [0.2, 0.25) is 0 Å². The van der Waals surface area contributed by atoms with Gasteiger partial charge in [-0.15, -0.1) is 0 Å². The van der Waals surface area contributed by atoms with Crippen LogP contribution in [-0.4, -0.2) is 4.99 Å². The number of nitrogens with one attached hydrogen (secondary N) is 1. The van der Waals surface area contributed by atoms with Crippen LogP contribution in [0.1, 0.15) is 5.56 Å². The van der Waals surface area contributed by atoms with Crippen LogP contribution in [0.5, 0.6) is 0 Å². The molecule has 0 aliphatic rings. The Hall–Kier alpha value is -1.36. The van der Waals surface area contributed by atoms with Gasteiger partial charge < -0.3 is 11.1 Å². The molecule has 0 bridgehead atoms. The Labute approximate surface area is 125 Å².